The molecule has 0 bridgehead atoms. The molecule has 0 aliphatic carbocycles. The number of aromatic amines is 4. The molecule has 0 aromatic carbocycles. The monoisotopic (exact) mass is 925 g/mol. The van der Waals surface area contributed by atoms with Crippen LogP contribution in [-0.2, 0) is 53.2 Å². The van der Waals surface area contributed by atoms with Crippen molar-refractivity contribution in [1.82, 2.24) is 69.3 Å². The first-order valence-corrected chi connectivity index (χ1v) is 19.9. The van der Waals surface area contributed by atoms with E-state index in [0.717, 1.165) is 37.0 Å². The number of nitrogen functional groups attached to an aromatic ring is 1. The van der Waals surface area contributed by atoms with Crippen molar-refractivity contribution in [2.24, 2.45) is 0 Å². The zero-order valence-corrected chi connectivity index (χ0v) is 35.8. The van der Waals surface area contributed by atoms with Gasteiger partial charge in [0, 0.05) is 63.6 Å². The van der Waals surface area contributed by atoms with Crippen LogP contribution in [-0.4, -0.2) is 153 Å². The molecule has 29 heteroatoms. The first-order valence-electron chi connectivity index (χ1n) is 19.9. The third kappa shape index (κ3) is 14.0. The Balaban J connectivity index is 1.46. The molecule has 0 spiro atoms. The van der Waals surface area contributed by atoms with E-state index in [1.165, 1.54) is 19.2 Å². The summed E-state index contributed by atoms with van der Waals surface area (Å²) in [6, 6.07) is 1.29. The summed E-state index contributed by atoms with van der Waals surface area (Å²) >= 11 is 0. The lowest BCUT2D eigenvalue weighted by Gasteiger charge is -2.25. The maximum Gasteiger partial charge on any atom is 0.349 e. The fourth-order valence-electron chi connectivity index (χ4n) is 6.11. The number of hydrogen-bond donors (Lipinski definition) is 8. The minimum atomic E-state index is -1.16. The van der Waals surface area contributed by atoms with Crippen molar-refractivity contribution in [3.63, 3.8) is 0 Å². The molecular formula is C37H47N15O14. The van der Waals surface area contributed by atoms with Crippen molar-refractivity contribution in [3.8, 4) is 0 Å². The van der Waals surface area contributed by atoms with Gasteiger partial charge >= 0.3 is 22.8 Å². The Hall–Kier alpha value is -8.53. The quantitative estimate of drug-likeness (QED) is 0.0363. The summed E-state index contributed by atoms with van der Waals surface area (Å²) in [5, 5.41) is 6.94. The molecule has 66 heavy (non-hydrogen) atoms. The van der Waals surface area contributed by atoms with Crippen molar-refractivity contribution in [2.45, 2.75) is 46.8 Å². The van der Waals surface area contributed by atoms with Crippen LogP contribution in [0, 0.1) is 6.92 Å². The molecule has 4 aromatic heterocycles. The van der Waals surface area contributed by atoms with Crippen molar-refractivity contribution >= 4 is 58.1 Å². The van der Waals surface area contributed by atoms with Crippen LogP contribution in [0.3, 0.4) is 0 Å². The van der Waals surface area contributed by atoms with Gasteiger partial charge in [0.25, 0.3) is 16.7 Å². The normalized spacial score (nSPS) is 10.8. The zero-order chi connectivity index (χ0) is 48.8. The molecule has 354 valence electrons. The van der Waals surface area contributed by atoms with E-state index in [1.807, 2.05) is 9.97 Å². The number of anilines is 1. The lowest BCUT2D eigenvalue weighted by atomic mass is 10.3. The summed E-state index contributed by atoms with van der Waals surface area (Å²) in [6.45, 7) is -1.25. The van der Waals surface area contributed by atoms with Gasteiger partial charge in [-0.3, -0.25) is 81.6 Å². The predicted molar refractivity (Wildman–Crippen MR) is 229 cm³/mol. The third-order valence-electron chi connectivity index (χ3n) is 9.45. The minimum Gasteiger partial charge on any atom is -0.383 e. The zero-order valence-electron chi connectivity index (χ0n) is 35.8. The van der Waals surface area contributed by atoms with Crippen LogP contribution in [0.2, 0.25) is 0 Å². The number of fused-ring (bicyclic) bond motifs is 1. The average molecular weight is 926 g/mol. The Morgan fingerprint density at radius 1 is 0.652 bits per heavy atom. The van der Waals surface area contributed by atoms with Crippen LogP contribution in [0.15, 0.2) is 52.0 Å². The van der Waals surface area contributed by atoms with Gasteiger partial charge in [-0.1, -0.05) is 6.92 Å². The number of aromatic nitrogens is 8. The van der Waals surface area contributed by atoms with E-state index >= 15 is 0 Å². The molecule has 0 aliphatic heterocycles. The predicted octanol–water partition coefficient (Wildman–Crippen LogP) is -7.40. The van der Waals surface area contributed by atoms with Gasteiger partial charge in [-0.25, -0.2) is 19.2 Å². The van der Waals surface area contributed by atoms with Crippen LogP contribution < -0.4 is 61.1 Å². The Kier molecular flexibility index (Phi) is 17.2. The van der Waals surface area contributed by atoms with Crippen molar-refractivity contribution < 1.29 is 33.6 Å². The van der Waals surface area contributed by atoms with Gasteiger partial charge < -0.3 is 36.4 Å². The van der Waals surface area contributed by atoms with E-state index in [1.54, 1.807) is 6.92 Å². The van der Waals surface area contributed by atoms with Gasteiger partial charge in [0.15, 0.2) is 0 Å². The smallest absolute Gasteiger partial charge is 0.349 e. The fourth-order valence-corrected chi connectivity index (χ4v) is 6.11. The number of amides is 6. The van der Waals surface area contributed by atoms with Crippen molar-refractivity contribution in [1.29, 1.82) is 0 Å². The van der Waals surface area contributed by atoms with Gasteiger partial charge in [0.05, 0.1) is 19.6 Å². The SMILES string of the molecule is CCC(=O)NCCN(CC(=O)NCCN(CC(=O)NCCN(CC(C)=O)C(=O)Cn1c(=O)[nH]c(=O)c2c(=O)[nH]c(=O)[nH]c21)C(=O)Cn1cc(C)c(=O)[nH]c1=O)C(=O)Cn1ccc(N)nc1=O. The standard InChI is InChI=1S/C37H47N15O14/c1-4-23(54)39-6-11-48(26(57)17-50-9-5-22(38)42-35(50)64)15-24(55)41-8-12-49(27(58)18-51-13-20(2)31(60)45-36(51)65)16-25(56)40-7-10-47(14-21(3)53)28(59)19-52-30-29(33(62)46-37(52)66)32(61)44-34(63)43-30/h5,9,13H,4,6-8,10-12,14-19H2,1-3H3,(H,39,54)(H,40,56)(H,41,55)(H2,38,42,64)(H,45,60,65)(H,46,62,66)(H2,43,44,61,63). The van der Waals surface area contributed by atoms with E-state index in [-0.39, 0.29) is 63.0 Å². The molecule has 0 radical (unpaired) electrons. The van der Waals surface area contributed by atoms with E-state index in [4.69, 9.17) is 5.73 Å². The molecule has 4 rings (SSSR count). The van der Waals surface area contributed by atoms with Crippen LogP contribution >= 0.6 is 0 Å². The minimum absolute atomic E-state index is 0.0428. The number of hydrogen-bond acceptors (Lipinski definition) is 16. The molecule has 4 aromatic rings. The van der Waals surface area contributed by atoms with E-state index in [2.05, 4.69) is 30.9 Å². The molecule has 0 atom stereocenters. The van der Waals surface area contributed by atoms with E-state index in [9.17, 15) is 67.1 Å². The maximum atomic E-state index is 13.6. The summed E-state index contributed by atoms with van der Waals surface area (Å²) in [7, 11) is 0. The number of aryl methyl sites for hydroxylation is 1. The van der Waals surface area contributed by atoms with E-state index < -0.39 is 125 Å². The van der Waals surface area contributed by atoms with Crippen LogP contribution in [0.5, 0.6) is 0 Å². The number of Topliss-reactive ketones (excluding diaryl/α,β-unsaturated/α-hetero) is 1. The summed E-state index contributed by atoms with van der Waals surface area (Å²) in [5.41, 5.74) is -1.90. The summed E-state index contributed by atoms with van der Waals surface area (Å²) in [4.78, 5) is 191. The molecule has 6 amide bonds. The van der Waals surface area contributed by atoms with Crippen LogP contribution in [0.1, 0.15) is 25.8 Å². The number of carbonyl (C=O) groups excluding carboxylic acids is 7. The Bertz CT molecular complexity index is 2940. The molecule has 0 saturated heterocycles. The van der Waals surface area contributed by atoms with Crippen LogP contribution in [0.25, 0.3) is 11.0 Å². The molecular weight excluding hydrogens is 878 g/mol. The van der Waals surface area contributed by atoms with Gasteiger partial charge in [-0.15, -0.1) is 0 Å². The number of nitrogens with zero attached hydrogens (tertiary/aromatic N) is 7. The molecule has 4 heterocycles. The summed E-state index contributed by atoms with van der Waals surface area (Å²) in [6.07, 6.45) is 2.52. The highest BCUT2D eigenvalue weighted by molar-refractivity contribution is 5.87. The highest BCUT2D eigenvalue weighted by Crippen LogP contribution is 2.01. The van der Waals surface area contributed by atoms with E-state index in [0.29, 0.717) is 4.57 Å². The topological polar surface area (TPSA) is 402 Å². The maximum absolute atomic E-state index is 13.6. The molecule has 0 aliphatic rings. The molecule has 0 unspecified atom stereocenters. The lowest BCUT2D eigenvalue weighted by molar-refractivity contribution is -0.137. The second-order valence-corrected chi connectivity index (χ2v) is 14.5. The fraction of sp³-hybridized carbons (Fsp3) is 0.432. The largest absolute Gasteiger partial charge is 0.383 e. The Morgan fingerprint density at radius 2 is 1.15 bits per heavy atom. The number of ketones is 1. The van der Waals surface area contributed by atoms with Crippen molar-refractivity contribution in [3.05, 3.63) is 97.0 Å². The number of nitrogens with two attached hydrogens (primary N) is 1. The van der Waals surface area contributed by atoms with Gasteiger partial charge in [-0.05, 0) is 19.9 Å². The average Bonchev–Trinajstić information content (AvgIpc) is 3.23. The van der Waals surface area contributed by atoms with Gasteiger partial charge in [-0.2, -0.15) is 4.98 Å². The summed E-state index contributed by atoms with van der Waals surface area (Å²) < 4.78 is 2.46. The van der Waals surface area contributed by atoms with Gasteiger partial charge in [0.1, 0.15) is 42.3 Å². The third-order valence-corrected chi connectivity index (χ3v) is 9.45. The molecule has 0 saturated carbocycles. The highest BCUT2D eigenvalue weighted by Gasteiger charge is 2.23. The number of rotatable bonds is 22. The van der Waals surface area contributed by atoms with Crippen LogP contribution in [0.4, 0.5) is 5.82 Å². The first-order chi connectivity index (χ1) is 31.2. The highest BCUT2D eigenvalue weighted by atomic mass is 16.2. The molecule has 29 nitrogen and oxygen atoms in total. The number of carbonyl (C=O) groups is 7. The second kappa shape index (κ2) is 22.7. The Morgan fingerprint density at radius 3 is 1.70 bits per heavy atom. The lowest BCUT2D eigenvalue weighted by Crippen LogP contribution is -2.49. The Labute approximate surface area is 369 Å². The molecule has 9 N–H and O–H groups in total. The number of H-pyrrole nitrogens is 4. The first kappa shape index (κ1) is 50.1. The second-order valence-electron chi connectivity index (χ2n) is 14.5. The molecule has 0 fully saturated rings. The number of nitrogens with one attached hydrogen (secondary N) is 7. The summed E-state index contributed by atoms with van der Waals surface area (Å²) in [5.74, 6) is -4.93. The van der Waals surface area contributed by atoms with Crippen molar-refractivity contribution in [2.75, 3.05) is 64.6 Å². The van der Waals surface area contributed by atoms with Gasteiger partial charge in [0.2, 0.25) is 35.4 Å².